The number of rotatable bonds is 49. The average Bonchev–Trinajstić information content (AvgIpc) is 3.34. The quantitative estimate of drug-likeness (QED) is 0.0262. The van der Waals surface area contributed by atoms with E-state index in [4.69, 9.17) is 14.2 Å². The minimum absolute atomic E-state index is 0.122. The van der Waals surface area contributed by atoms with E-state index < -0.39 is 6.10 Å². The average molecular weight is 943 g/mol. The molecule has 1 unspecified atom stereocenters. The van der Waals surface area contributed by atoms with Crippen LogP contribution in [0.1, 0.15) is 245 Å². The molecule has 68 heavy (non-hydrogen) atoms. The van der Waals surface area contributed by atoms with Gasteiger partial charge in [-0.25, -0.2) is 0 Å². The Labute approximate surface area is 419 Å². The number of esters is 3. The molecule has 0 heterocycles. The standard InChI is InChI=1S/C62H102O6/c1-4-7-10-13-16-19-22-25-27-29-30-31-33-34-37-40-43-46-49-52-55-61(64)67-58-59(57-66-60(63)54-51-48-45-42-39-36-24-21-18-15-12-9-6-3)68-62(65)56-53-50-47-44-41-38-35-32-28-26-23-20-17-14-11-8-5-2/h8-9,11-12,17-18,20-21,26,28,35-36,38-39,44-45,47-48,59H,4-7,10,13-16,19,22-25,27,29-34,37,40-43,46,49-58H2,1-3H3/b11-8-,12-9-,20-17-,21-18-,28-26-,38-35-,39-36-,47-44-,48-45-. The largest absolute Gasteiger partial charge is 0.462 e. The minimum Gasteiger partial charge on any atom is -0.462 e. The topological polar surface area (TPSA) is 78.9 Å². The van der Waals surface area contributed by atoms with E-state index in [1.165, 1.54) is 109 Å². The molecule has 0 radical (unpaired) electrons. The molecule has 0 bridgehead atoms. The molecule has 0 rings (SSSR count). The van der Waals surface area contributed by atoms with Gasteiger partial charge in [-0.05, 0) is 83.5 Å². The Kier molecular flexibility index (Phi) is 52.4. The number of unbranched alkanes of at least 4 members (excludes halogenated alkanes) is 20. The summed E-state index contributed by atoms with van der Waals surface area (Å²) < 4.78 is 16.7. The van der Waals surface area contributed by atoms with Crippen molar-refractivity contribution in [3.05, 3.63) is 109 Å². The van der Waals surface area contributed by atoms with Gasteiger partial charge in [0.25, 0.3) is 0 Å². The molecule has 0 aliphatic carbocycles. The molecule has 0 fully saturated rings. The van der Waals surface area contributed by atoms with E-state index in [0.29, 0.717) is 19.3 Å². The van der Waals surface area contributed by atoms with Crippen LogP contribution in [0.2, 0.25) is 0 Å². The lowest BCUT2D eigenvalue weighted by atomic mass is 10.0. The Balaban J connectivity index is 4.48. The summed E-state index contributed by atoms with van der Waals surface area (Å²) in [7, 11) is 0. The van der Waals surface area contributed by atoms with Crippen molar-refractivity contribution in [2.75, 3.05) is 13.2 Å². The van der Waals surface area contributed by atoms with Crippen LogP contribution in [0.4, 0.5) is 0 Å². The number of allylic oxidation sites excluding steroid dienone is 18. The fourth-order valence-corrected chi connectivity index (χ4v) is 7.43. The predicted molar refractivity (Wildman–Crippen MR) is 293 cm³/mol. The summed E-state index contributed by atoms with van der Waals surface area (Å²) in [5.41, 5.74) is 0. The van der Waals surface area contributed by atoms with Crippen LogP contribution in [-0.2, 0) is 28.6 Å². The molecule has 0 amide bonds. The van der Waals surface area contributed by atoms with Gasteiger partial charge in [-0.2, -0.15) is 0 Å². The zero-order chi connectivity index (χ0) is 49.3. The lowest BCUT2D eigenvalue weighted by Gasteiger charge is -2.18. The highest BCUT2D eigenvalue weighted by atomic mass is 16.6. The molecule has 386 valence electrons. The molecular formula is C62H102O6. The molecule has 6 heteroatoms. The molecule has 0 spiro atoms. The third-order valence-corrected chi connectivity index (χ3v) is 11.5. The van der Waals surface area contributed by atoms with Crippen molar-refractivity contribution >= 4 is 17.9 Å². The van der Waals surface area contributed by atoms with Gasteiger partial charge in [0, 0.05) is 19.3 Å². The highest BCUT2D eigenvalue weighted by molar-refractivity contribution is 5.71. The van der Waals surface area contributed by atoms with Crippen LogP contribution in [-0.4, -0.2) is 37.2 Å². The normalized spacial score (nSPS) is 12.9. The third kappa shape index (κ3) is 53.0. The van der Waals surface area contributed by atoms with Gasteiger partial charge in [-0.3, -0.25) is 14.4 Å². The third-order valence-electron chi connectivity index (χ3n) is 11.5. The molecule has 0 saturated carbocycles. The minimum atomic E-state index is -0.837. The number of carbonyl (C=O) groups excluding carboxylic acids is 3. The maximum Gasteiger partial charge on any atom is 0.306 e. The van der Waals surface area contributed by atoms with Crippen molar-refractivity contribution in [2.45, 2.75) is 252 Å². The first-order chi connectivity index (χ1) is 33.5. The summed E-state index contributed by atoms with van der Waals surface area (Å²) in [6.45, 7) is 6.30. The van der Waals surface area contributed by atoms with E-state index in [1.54, 1.807) is 0 Å². The summed E-state index contributed by atoms with van der Waals surface area (Å²) in [6.07, 6.45) is 75.4. The van der Waals surface area contributed by atoms with Crippen LogP contribution in [0.3, 0.4) is 0 Å². The first kappa shape index (κ1) is 64.1. The molecule has 0 saturated heterocycles. The summed E-state index contributed by atoms with van der Waals surface area (Å²) in [5.74, 6) is -1.07. The Bertz CT molecular complexity index is 1410. The van der Waals surface area contributed by atoms with Gasteiger partial charge >= 0.3 is 17.9 Å². The summed E-state index contributed by atoms with van der Waals surface area (Å²) >= 11 is 0. The Morgan fingerprint density at radius 1 is 0.309 bits per heavy atom. The Morgan fingerprint density at radius 2 is 0.603 bits per heavy atom. The molecule has 0 aromatic carbocycles. The number of carbonyl (C=O) groups is 3. The van der Waals surface area contributed by atoms with E-state index in [0.717, 1.165) is 83.5 Å². The number of ether oxygens (including phenoxy) is 3. The van der Waals surface area contributed by atoms with Crippen LogP contribution in [0.5, 0.6) is 0 Å². The molecular weight excluding hydrogens is 841 g/mol. The lowest BCUT2D eigenvalue weighted by molar-refractivity contribution is -0.166. The summed E-state index contributed by atoms with van der Waals surface area (Å²) in [5, 5.41) is 0. The van der Waals surface area contributed by atoms with Crippen molar-refractivity contribution in [1.82, 2.24) is 0 Å². The first-order valence-corrected chi connectivity index (χ1v) is 27.9. The molecule has 0 N–H and O–H groups in total. The molecule has 0 aliphatic heterocycles. The highest BCUT2D eigenvalue weighted by Gasteiger charge is 2.19. The summed E-state index contributed by atoms with van der Waals surface area (Å²) in [6, 6.07) is 0. The fraction of sp³-hybridized carbons (Fsp3) is 0.661. The Hall–Kier alpha value is -3.93. The predicted octanol–water partition coefficient (Wildman–Crippen LogP) is 18.7. The van der Waals surface area contributed by atoms with E-state index >= 15 is 0 Å². The second kappa shape index (κ2) is 55.7. The van der Waals surface area contributed by atoms with Gasteiger partial charge in [-0.1, -0.05) is 252 Å². The first-order valence-electron chi connectivity index (χ1n) is 27.9. The van der Waals surface area contributed by atoms with Crippen molar-refractivity contribution in [2.24, 2.45) is 0 Å². The smallest absolute Gasteiger partial charge is 0.306 e. The zero-order valence-corrected chi connectivity index (χ0v) is 44.1. The SMILES string of the molecule is CC/C=C\C/C=C\C/C=C\C/C=C\C/C=C\CCCC(=O)OC(COC(=O)CC/C=C\C/C=C\C/C=C\C/C=C\CC)COC(=O)CCCCCCCCCCCCCCCCCCCCCC. The van der Waals surface area contributed by atoms with Crippen LogP contribution in [0, 0.1) is 0 Å². The fourth-order valence-electron chi connectivity index (χ4n) is 7.43. The van der Waals surface area contributed by atoms with Gasteiger partial charge in [0.1, 0.15) is 13.2 Å². The molecule has 6 nitrogen and oxygen atoms in total. The highest BCUT2D eigenvalue weighted by Crippen LogP contribution is 2.16. The Morgan fingerprint density at radius 3 is 0.971 bits per heavy atom. The van der Waals surface area contributed by atoms with Gasteiger partial charge in [0.2, 0.25) is 0 Å². The van der Waals surface area contributed by atoms with E-state index in [-0.39, 0.29) is 44.0 Å². The maximum atomic E-state index is 12.8. The molecule has 0 aliphatic rings. The summed E-state index contributed by atoms with van der Waals surface area (Å²) in [4.78, 5) is 38.0. The van der Waals surface area contributed by atoms with Crippen molar-refractivity contribution in [1.29, 1.82) is 0 Å². The maximum absolute atomic E-state index is 12.8. The van der Waals surface area contributed by atoms with E-state index in [1.807, 2.05) is 12.2 Å². The van der Waals surface area contributed by atoms with Gasteiger partial charge in [-0.15, -0.1) is 0 Å². The van der Waals surface area contributed by atoms with E-state index in [2.05, 4.69) is 118 Å². The lowest BCUT2D eigenvalue weighted by Crippen LogP contribution is -2.30. The molecule has 0 aromatic heterocycles. The van der Waals surface area contributed by atoms with Crippen LogP contribution in [0.25, 0.3) is 0 Å². The van der Waals surface area contributed by atoms with Crippen molar-refractivity contribution in [3.63, 3.8) is 0 Å². The van der Waals surface area contributed by atoms with Crippen LogP contribution >= 0.6 is 0 Å². The van der Waals surface area contributed by atoms with Gasteiger partial charge < -0.3 is 14.2 Å². The molecule has 0 aromatic rings. The van der Waals surface area contributed by atoms with E-state index in [9.17, 15) is 14.4 Å². The zero-order valence-electron chi connectivity index (χ0n) is 44.1. The van der Waals surface area contributed by atoms with Crippen LogP contribution in [0.15, 0.2) is 109 Å². The van der Waals surface area contributed by atoms with Crippen LogP contribution < -0.4 is 0 Å². The van der Waals surface area contributed by atoms with Crippen molar-refractivity contribution < 1.29 is 28.6 Å². The second-order valence-electron chi connectivity index (χ2n) is 18.1. The molecule has 1 atom stereocenters. The number of hydrogen-bond acceptors (Lipinski definition) is 6. The van der Waals surface area contributed by atoms with Gasteiger partial charge in [0.05, 0.1) is 0 Å². The van der Waals surface area contributed by atoms with Crippen molar-refractivity contribution in [3.8, 4) is 0 Å². The monoisotopic (exact) mass is 943 g/mol. The number of hydrogen-bond donors (Lipinski definition) is 0. The van der Waals surface area contributed by atoms with Gasteiger partial charge in [0.15, 0.2) is 6.10 Å². The second-order valence-corrected chi connectivity index (χ2v) is 18.1.